The summed E-state index contributed by atoms with van der Waals surface area (Å²) in [6.07, 6.45) is 4.69. The van der Waals surface area contributed by atoms with Gasteiger partial charge in [-0.05, 0) is 44.0 Å². The zero-order valence-electron chi connectivity index (χ0n) is 16.9. The number of nitrogens with one attached hydrogen (secondary N) is 1. The molecule has 29 heavy (non-hydrogen) atoms. The molecule has 2 aromatic rings. The van der Waals surface area contributed by atoms with Crippen LogP contribution in [0.1, 0.15) is 43.9 Å². The zero-order chi connectivity index (χ0) is 20.5. The third-order valence-electron chi connectivity index (χ3n) is 4.78. The van der Waals surface area contributed by atoms with Gasteiger partial charge in [-0.15, -0.1) is 11.3 Å². The van der Waals surface area contributed by atoms with Crippen molar-refractivity contribution in [1.82, 2.24) is 15.3 Å². The van der Waals surface area contributed by atoms with Crippen LogP contribution in [0.25, 0.3) is 10.2 Å². The summed E-state index contributed by atoms with van der Waals surface area (Å²) in [7, 11) is 0. The van der Waals surface area contributed by atoms with Crippen molar-refractivity contribution in [1.29, 1.82) is 0 Å². The normalized spacial score (nSPS) is 14.5. The van der Waals surface area contributed by atoms with Gasteiger partial charge in [-0.1, -0.05) is 12.8 Å². The Balaban J connectivity index is 1.43. The van der Waals surface area contributed by atoms with Crippen molar-refractivity contribution >= 4 is 44.9 Å². The summed E-state index contributed by atoms with van der Waals surface area (Å²) >= 11 is 7.88. The van der Waals surface area contributed by atoms with E-state index in [1.165, 1.54) is 4.88 Å². The minimum atomic E-state index is -0.0879. The van der Waals surface area contributed by atoms with Gasteiger partial charge < -0.3 is 19.7 Å². The molecule has 0 bridgehead atoms. The summed E-state index contributed by atoms with van der Waals surface area (Å²) in [6, 6.07) is 2.10. The third kappa shape index (κ3) is 6.77. The smallest absolute Gasteiger partial charge is 0.305 e. The molecule has 0 atom stereocenters. The van der Waals surface area contributed by atoms with E-state index in [2.05, 4.69) is 26.3 Å². The Morgan fingerprint density at radius 1 is 1.28 bits per heavy atom. The van der Waals surface area contributed by atoms with E-state index in [1.54, 1.807) is 11.3 Å². The number of unbranched alkanes of at least 4 members (excludes halogenated alkanes) is 3. The lowest BCUT2D eigenvalue weighted by molar-refractivity contribution is -0.143. The number of thiophene rings is 1. The molecule has 0 aromatic carbocycles. The molecule has 160 valence electrons. The van der Waals surface area contributed by atoms with Crippen molar-refractivity contribution in [2.75, 3.05) is 44.4 Å². The molecule has 0 aliphatic carbocycles. The molecule has 3 rings (SSSR count). The lowest BCUT2D eigenvalue weighted by atomic mass is 10.1. The molecule has 1 saturated heterocycles. The number of rotatable bonds is 11. The van der Waals surface area contributed by atoms with Crippen LogP contribution < -0.4 is 10.2 Å². The minimum Gasteiger partial charge on any atom is -0.466 e. The second-order valence-corrected chi connectivity index (χ2v) is 8.46. The molecule has 0 unspecified atom stereocenters. The third-order valence-corrected chi connectivity index (χ3v) is 6.07. The molecule has 1 aliphatic heterocycles. The number of morpholine rings is 1. The van der Waals surface area contributed by atoms with Gasteiger partial charge in [0.1, 0.15) is 0 Å². The maximum atomic E-state index is 11.3. The van der Waals surface area contributed by atoms with E-state index in [0.29, 0.717) is 31.5 Å². The van der Waals surface area contributed by atoms with Crippen LogP contribution in [0.2, 0.25) is 5.28 Å². The predicted molar refractivity (Wildman–Crippen MR) is 117 cm³/mol. The van der Waals surface area contributed by atoms with Crippen LogP contribution in [0.3, 0.4) is 0 Å². The summed E-state index contributed by atoms with van der Waals surface area (Å²) in [6.45, 7) is 7.14. The summed E-state index contributed by atoms with van der Waals surface area (Å²) in [5.41, 5.74) is 0.909. The lowest BCUT2D eigenvalue weighted by Gasteiger charge is -2.28. The number of carbonyl (C=O) groups excluding carboxylic acids is 1. The van der Waals surface area contributed by atoms with Gasteiger partial charge in [-0.25, -0.2) is 4.98 Å². The fraction of sp³-hybridized carbons (Fsp3) is 0.650. The highest BCUT2D eigenvalue weighted by molar-refractivity contribution is 7.19. The highest BCUT2D eigenvalue weighted by atomic mass is 35.5. The molecule has 1 N–H and O–H groups in total. The van der Waals surface area contributed by atoms with Crippen molar-refractivity contribution < 1.29 is 14.3 Å². The number of nitrogens with zero attached hydrogens (tertiary/aromatic N) is 3. The van der Waals surface area contributed by atoms with E-state index in [-0.39, 0.29) is 5.97 Å². The van der Waals surface area contributed by atoms with E-state index < -0.39 is 0 Å². The van der Waals surface area contributed by atoms with Gasteiger partial charge in [0, 0.05) is 30.9 Å². The van der Waals surface area contributed by atoms with Gasteiger partial charge in [0.05, 0.1) is 30.0 Å². The Morgan fingerprint density at radius 3 is 2.86 bits per heavy atom. The lowest BCUT2D eigenvalue weighted by Crippen LogP contribution is -2.36. The van der Waals surface area contributed by atoms with Crippen molar-refractivity contribution in [3.8, 4) is 0 Å². The number of esters is 1. The van der Waals surface area contributed by atoms with Gasteiger partial charge in [0.15, 0.2) is 5.82 Å². The fourth-order valence-corrected chi connectivity index (χ4v) is 4.58. The number of ether oxygens (including phenoxy) is 2. The van der Waals surface area contributed by atoms with Crippen LogP contribution >= 0.6 is 22.9 Å². The summed E-state index contributed by atoms with van der Waals surface area (Å²) in [5, 5.41) is 3.79. The molecule has 9 heteroatoms. The molecule has 7 nitrogen and oxygen atoms in total. The molecule has 0 amide bonds. The van der Waals surface area contributed by atoms with Crippen molar-refractivity contribution in [3.05, 3.63) is 16.2 Å². The maximum Gasteiger partial charge on any atom is 0.305 e. The van der Waals surface area contributed by atoms with Crippen molar-refractivity contribution in [2.45, 2.75) is 45.6 Å². The molecule has 3 heterocycles. The zero-order valence-corrected chi connectivity index (χ0v) is 18.5. The van der Waals surface area contributed by atoms with Crippen molar-refractivity contribution in [3.63, 3.8) is 0 Å². The first-order chi connectivity index (χ1) is 14.2. The second-order valence-electron chi connectivity index (χ2n) is 6.99. The predicted octanol–water partition coefficient (Wildman–Crippen LogP) is 3.78. The molecule has 1 fully saturated rings. The monoisotopic (exact) mass is 440 g/mol. The SMILES string of the molecule is CCOC(=O)CCCCCCNCc1cc2nc(Cl)nc(N3CCOCC3)c2s1. The first-order valence-electron chi connectivity index (χ1n) is 10.3. The molecular formula is C20H29ClN4O3S. The van der Waals surface area contributed by atoms with Gasteiger partial charge >= 0.3 is 5.97 Å². The number of halogens is 1. The maximum absolute atomic E-state index is 11.3. The molecule has 0 radical (unpaired) electrons. The topological polar surface area (TPSA) is 76.6 Å². The van der Waals surface area contributed by atoms with Crippen LogP contribution in [0.15, 0.2) is 6.07 Å². The number of fused-ring (bicyclic) bond motifs is 1. The number of hydrogen-bond donors (Lipinski definition) is 1. The second kappa shape index (κ2) is 11.6. The van der Waals surface area contributed by atoms with Gasteiger partial charge in [-0.3, -0.25) is 4.79 Å². The largest absolute Gasteiger partial charge is 0.466 e. The van der Waals surface area contributed by atoms with E-state index in [4.69, 9.17) is 21.1 Å². The Kier molecular flexibility index (Phi) is 8.92. The molecule has 2 aromatic heterocycles. The fourth-order valence-electron chi connectivity index (χ4n) is 3.33. The molecular weight excluding hydrogens is 412 g/mol. The average Bonchev–Trinajstić information content (AvgIpc) is 3.12. The standard InChI is InChI=1S/C20H29ClN4O3S/c1-2-28-17(26)7-5-3-4-6-8-22-14-15-13-16-18(29-15)19(24-20(21)23-16)25-9-11-27-12-10-25/h13,22H,2-12,14H2,1H3. The van der Waals surface area contributed by atoms with E-state index in [0.717, 1.165) is 67.9 Å². The van der Waals surface area contributed by atoms with Crippen LogP contribution in [-0.2, 0) is 20.8 Å². The minimum absolute atomic E-state index is 0.0879. The van der Waals surface area contributed by atoms with Crippen LogP contribution in [0, 0.1) is 0 Å². The number of aromatic nitrogens is 2. The van der Waals surface area contributed by atoms with E-state index in [9.17, 15) is 4.79 Å². The number of carbonyl (C=O) groups is 1. The first-order valence-corrected chi connectivity index (χ1v) is 11.5. The Labute approximate surface area is 180 Å². The van der Waals surface area contributed by atoms with Crippen LogP contribution in [-0.4, -0.2) is 55.4 Å². The quantitative estimate of drug-likeness (QED) is 0.323. The number of anilines is 1. The molecule has 0 spiro atoms. The van der Waals surface area contributed by atoms with Crippen molar-refractivity contribution in [2.24, 2.45) is 0 Å². The Hall–Kier alpha value is -1.48. The molecule has 0 saturated carbocycles. The van der Waals surface area contributed by atoms with Gasteiger partial charge in [0.25, 0.3) is 0 Å². The van der Waals surface area contributed by atoms with Gasteiger partial charge in [-0.2, -0.15) is 4.98 Å². The van der Waals surface area contributed by atoms with Crippen LogP contribution in [0.5, 0.6) is 0 Å². The Bertz CT molecular complexity index is 795. The van der Waals surface area contributed by atoms with E-state index in [1.807, 2.05) is 6.92 Å². The van der Waals surface area contributed by atoms with E-state index >= 15 is 0 Å². The highest BCUT2D eigenvalue weighted by Gasteiger charge is 2.19. The Morgan fingerprint density at radius 2 is 2.07 bits per heavy atom. The first kappa shape index (κ1) is 22.2. The summed E-state index contributed by atoms with van der Waals surface area (Å²) < 4.78 is 11.5. The van der Waals surface area contributed by atoms with Crippen LogP contribution in [0.4, 0.5) is 5.82 Å². The average molecular weight is 441 g/mol. The summed E-state index contributed by atoms with van der Waals surface area (Å²) in [4.78, 5) is 23.6. The highest BCUT2D eigenvalue weighted by Crippen LogP contribution is 2.33. The van der Waals surface area contributed by atoms with Gasteiger partial charge in [0.2, 0.25) is 5.28 Å². The molecule has 1 aliphatic rings. The number of hydrogen-bond acceptors (Lipinski definition) is 8. The summed E-state index contributed by atoms with van der Waals surface area (Å²) in [5.74, 6) is 0.830.